The summed E-state index contributed by atoms with van der Waals surface area (Å²) >= 11 is 0. The topological polar surface area (TPSA) is 40.5 Å². The third-order valence-corrected chi connectivity index (χ3v) is 3.48. The van der Waals surface area contributed by atoms with Crippen LogP contribution in [0, 0.1) is 11.8 Å². The second kappa shape index (κ2) is 3.29. The van der Waals surface area contributed by atoms with Crippen molar-refractivity contribution in [3.8, 4) is 0 Å². The predicted molar refractivity (Wildman–Crippen MR) is 49.5 cm³/mol. The van der Waals surface area contributed by atoms with Crippen molar-refractivity contribution in [2.45, 2.75) is 31.7 Å². The summed E-state index contributed by atoms with van der Waals surface area (Å²) in [4.78, 5) is 13.0. The van der Waals surface area contributed by atoms with Gasteiger partial charge in [0.15, 0.2) is 0 Å². The molecular weight excluding hydrogens is 166 g/mol. The zero-order valence-corrected chi connectivity index (χ0v) is 8.07. The first-order valence-corrected chi connectivity index (χ1v) is 5.13. The summed E-state index contributed by atoms with van der Waals surface area (Å²) in [6.45, 7) is 1.15. The molecule has 2 aliphatic rings. The fraction of sp³-hybridized carbons (Fsp3) is 0.900. The molecule has 0 spiro atoms. The Kier molecular flexibility index (Phi) is 2.28. The molecule has 1 heterocycles. The third kappa shape index (κ3) is 1.70. The third-order valence-electron chi connectivity index (χ3n) is 3.48. The molecule has 0 aromatic heterocycles. The van der Waals surface area contributed by atoms with Crippen LogP contribution < -0.4 is 0 Å². The first-order chi connectivity index (χ1) is 6.20. The average Bonchev–Trinajstić information content (AvgIpc) is 2.84. The minimum absolute atomic E-state index is 0.0365. The normalized spacial score (nSPS) is 40.2. The van der Waals surface area contributed by atoms with E-state index in [1.54, 1.807) is 0 Å². The second-order valence-electron chi connectivity index (χ2n) is 4.39. The molecule has 74 valence electrons. The minimum Gasteiger partial charge on any atom is -0.481 e. The van der Waals surface area contributed by atoms with Crippen LogP contribution in [-0.2, 0) is 4.79 Å². The number of likely N-dealkylation sites (tertiary alicyclic amines) is 1. The molecule has 2 rings (SSSR count). The summed E-state index contributed by atoms with van der Waals surface area (Å²) in [5, 5.41) is 8.82. The number of aliphatic carboxylic acids is 1. The van der Waals surface area contributed by atoms with Gasteiger partial charge in [0.2, 0.25) is 0 Å². The Morgan fingerprint density at radius 1 is 1.46 bits per heavy atom. The molecule has 0 bridgehead atoms. The number of carboxylic acids is 1. The summed E-state index contributed by atoms with van der Waals surface area (Å²) in [6, 6.07) is 0.551. The smallest absolute Gasteiger partial charge is 0.306 e. The zero-order chi connectivity index (χ0) is 9.42. The minimum atomic E-state index is -0.594. The molecule has 1 aliphatic carbocycles. The van der Waals surface area contributed by atoms with E-state index in [-0.39, 0.29) is 5.92 Å². The van der Waals surface area contributed by atoms with Gasteiger partial charge in [-0.2, -0.15) is 0 Å². The van der Waals surface area contributed by atoms with Gasteiger partial charge in [-0.15, -0.1) is 0 Å². The summed E-state index contributed by atoms with van der Waals surface area (Å²) in [5.74, 6) is -0.183. The van der Waals surface area contributed by atoms with Gasteiger partial charge in [-0.25, -0.2) is 0 Å². The van der Waals surface area contributed by atoms with Crippen LogP contribution in [-0.4, -0.2) is 35.6 Å². The number of carboxylic acid groups (broad SMARTS) is 1. The highest BCUT2D eigenvalue weighted by molar-refractivity contribution is 5.73. The van der Waals surface area contributed by atoms with E-state index in [2.05, 4.69) is 11.9 Å². The Labute approximate surface area is 78.7 Å². The molecule has 0 amide bonds. The average molecular weight is 183 g/mol. The lowest BCUT2D eigenvalue weighted by molar-refractivity contribution is -0.139. The molecule has 1 aliphatic heterocycles. The highest BCUT2D eigenvalue weighted by Gasteiger charge is 2.49. The van der Waals surface area contributed by atoms with E-state index in [1.807, 2.05) is 0 Å². The molecule has 1 saturated carbocycles. The number of piperidine rings is 1. The number of rotatable bonds is 2. The maximum atomic E-state index is 10.7. The molecular formula is C10H17NO2. The molecule has 13 heavy (non-hydrogen) atoms. The fourth-order valence-corrected chi connectivity index (χ4v) is 2.57. The van der Waals surface area contributed by atoms with E-state index in [1.165, 1.54) is 19.3 Å². The summed E-state index contributed by atoms with van der Waals surface area (Å²) in [6.07, 6.45) is 4.66. The molecule has 1 saturated heterocycles. The fourth-order valence-electron chi connectivity index (χ4n) is 2.57. The Morgan fingerprint density at radius 3 is 2.77 bits per heavy atom. The standard InChI is InChI=1S/C10H17NO2/c1-11-5-3-2-4-9(11)7-6-8(7)10(12)13/h7-9H,2-6H2,1H3,(H,12,13). The molecule has 3 nitrogen and oxygen atoms in total. The van der Waals surface area contributed by atoms with Crippen LogP contribution in [0.25, 0.3) is 0 Å². The predicted octanol–water partition coefficient (Wildman–Crippen LogP) is 1.19. The lowest BCUT2D eigenvalue weighted by Crippen LogP contribution is -2.38. The van der Waals surface area contributed by atoms with Crippen molar-refractivity contribution < 1.29 is 9.90 Å². The number of hydrogen-bond acceptors (Lipinski definition) is 2. The van der Waals surface area contributed by atoms with E-state index < -0.39 is 5.97 Å². The summed E-state index contributed by atoms with van der Waals surface area (Å²) in [5.41, 5.74) is 0. The lowest BCUT2D eigenvalue weighted by atomic mass is 9.98. The Bertz CT molecular complexity index is 217. The maximum Gasteiger partial charge on any atom is 0.306 e. The van der Waals surface area contributed by atoms with Gasteiger partial charge in [0.25, 0.3) is 0 Å². The SMILES string of the molecule is CN1CCCCC1C1CC1C(=O)O. The van der Waals surface area contributed by atoms with Crippen molar-refractivity contribution in [2.24, 2.45) is 11.8 Å². The van der Waals surface area contributed by atoms with Crippen LogP contribution in [0.3, 0.4) is 0 Å². The quantitative estimate of drug-likeness (QED) is 0.699. The van der Waals surface area contributed by atoms with E-state index in [0.717, 1.165) is 13.0 Å². The van der Waals surface area contributed by atoms with Crippen molar-refractivity contribution in [3.05, 3.63) is 0 Å². The molecule has 3 atom stereocenters. The monoisotopic (exact) mass is 183 g/mol. The molecule has 0 aromatic carbocycles. The van der Waals surface area contributed by atoms with Gasteiger partial charge >= 0.3 is 5.97 Å². The van der Waals surface area contributed by atoms with Crippen LogP contribution in [0.4, 0.5) is 0 Å². The Morgan fingerprint density at radius 2 is 2.23 bits per heavy atom. The van der Waals surface area contributed by atoms with Gasteiger partial charge < -0.3 is 10.0 Å². The van der Waals surface area contributed by atoms with E-state index in [0.29, 0.717) is 12.0 Å². The van der Waals surface area contributed by atoms with Crippen LogP contribution in [0.5, 0.6) is 0 Å². The van der Waals surface area contributed by atoms with Gasteiger partial charge in [0, 0.05) is 6.04 Å². The summed E-state index contributed by atoms with van der Waals surface area (Å²) < 4.78 is 0. The largest absolute Gasteiger partial charge is 0.481 e. The number of nitrogens with zero attached hydrogens (tertiary/aromatic N) is 1. The molecule has 0 radical (unpaired) electrons. The second-order valence-corrected chi connectivity index (χ2v) is 4.39. The van der Waals surface area contributed by atoms with Crippen molar-refractivity contribution in [2.75, 3.05) is 13.6 Å². The Hall–Kier alpha value is -0.570. The molecule has 3 heteroatoms. The number of hydrogen-bond donors (Lipinski definition) is 1. The highest BCUT2D eigenvalue weighted by Crippen LogP contribution is 2.45. The van der Waals surface area contributed by atoms with Gasteiger partial charge in [-0.1, -0.05) is 6.42 Å². The molecule has 0 aromatic rings. The Balaban J connectivity index is 1.91. The van der Waals surface area contributed by atoms with Gasteiger partial charge in [-0.3, -0.25) is 4.79 Å². The van der Waals surface area contributed by atoms with Crippen molar-refractivity contribution in [1.29, 1.82) is 0 Å². The lowest BCUT2D eigenvalue weighted by Gasteiger charge is -2.32. The summed E-state index contributed by atoms with van der Waals surface area (Å²) in [7, 11) is 2.13. The van der Waals surface area contributed by atoms with Crippen molar-refractivity contribution in [1.82, 2.24) is 4.90 Å². The van der Waals surface area contributed by atoms with Crippen LogP contribution in [0.2, 0.25) is 0 Å². The molecule has 3 unspecified atom stereocenters. The molecule has 1 N–H and O–H groups in total. The van der Waals surface area contributed by atoms with E-state index in [9.17, 15) is 4.79 Å². The van der Waals surface area contributed by atoms with E-state index in [4.69, 9.17) is 5.11 Å². The van der Waals surface area contributed by atoms with Crippen molar-refractivity contribution >= 4 is 5.97 Å². The first kappa shape index (κ1) is 9.00. The van der Waals surface area contributed by atoms with Gasteiger partial charge in [0.05, 0.1) is 5.92 Å². The van der Waals surface area contributed by atoms with E-state index >= 15 is 0 Å². The maximum absolute atomic E-state index is 10.7. The first-order valence-electron chi connectivity index (χ1n) is 5.13. The van der Waals surface area contributed by atoms with Gasteiger partial charge in [-0.05, 0) is 38.8 Å². The molecule has 2 fully saturated rings. The van der Waals surface area contributed by atoms with Crippen LogP contribution >= 0.6 is 0 Å². The number of carbonyl (C=O) groups is 1. The zero-order valence-electron chi connectivity index (χ0n) is 8.07. The highest BCUT2D eigenvalue weighted by atomic mass is 16.4. The van der Waals surface area contributed by atoms with Gasteiger partial charge in [0.1, 0.15) is 0 Å². The van der Waals surface area contributed by atoms with Crippen molar-refractivity contribution in [3.63, 3.8) is 0 Å². The van der Waals surface area contributed by atoms with Crippen LogP contribution in [0.1, 0.15) is 25.7 Å². The van der Waals surface area contributed by atoms with Crippen LogP contribution in [0.15, 0.2) is 0 Å².